The summed E-state index contributed by atoms with van der Waals surface area (Å²) in [6, 6.07) is 10.3. The van der Waals surface area contributed by atoms with E-state index in [1.807, 2.05) is 45.0 Å². The molecule has 1 aliphatic carbocycles. The van der Waals surface area contributed by atoms with E-state index in [2.05, 4.69) is 25.8 Å². The predicted molar refractivity (Wildman–Crippen MR) is 133 cm³/mol. The monoisotopic (exact) mass is 491 g/mol. The fourth-order valence-corrected chi connectivity index (χ4v) is 4.38. The number of hydrogen-bond acceptors (Lipinski definition) is 8. The first-order chi connectivity index (χ1) is 17.2. The first kappa shape index (κ1) is 25.1. The molecular formula is C26H30FN7O2. The number of anilines is 3. The molecule has 4 rings (SSSR count). The maximum absolute atomic E-state index is 15.0. The molecule has 0 bridgehead atoms. The highest BCUT2D eigenvalue weighted by Crippen LogP contribution is 2.32. The van der Waals surface area contributed by atoms with Crippen LogP contribution in [-0.4, -0.2) is 37.6 Å². The second kappa shape index (κ2) is 10.7. The smallest absolute Gasteiger partial charge is 0.306 e. The van der Waals surface area contributed by atoms with Crippen molar-refractivity contribution in [2.75, 3.05) is 10.6 Å². The van der Waals surface area contributed by atoms with Crippen LogP contribution in [0.25, 0.3) is 5.69 Å². The molecule has 9 nitrogen and oxygen atoms in total. The van der Waals surface area contributed by atoms with Crippen molar-refractivity contribution in [2.45, 2.75) is 64.5 Å². The van der Waals surface area contributed by atoms with Gasteiger partial charge in [-0.25, -0.2) is 9.37 Å². The Morgan fingerprint density at radius 3 is 2.67 bits per heavy atom. The normalized spacial score (nSPS) is 17.8. The van der Waals surface area contributed by atoms with Crippen LogP contribution in [-0.2, 0) is 9.53 Å². The van der Waals surface area contributed by atoms with Gasteiger partial charge in [0, 0.05) is 11.7 Å². The van der Waals surface area contributed by atoms with Crippen molar-refractivity contribution < 1.29 is 13.9 Å². The van der Waals surface area contributed by atoms with Gasteiger partial charge in [0.25, 0.3) is 0 Å². The number of pyridine rings is 1. The third-order valence-electron chi connectivity index (χ3n) is 5.94. The van der Waals surface area contributed by atoms with E-state index >= 15 is 0 Å². The van der Waals surface area contributed by atoms with E-state index < -0.39 is 11.4 Å². The van der Waals surface area contributed by atoms with E-state index in [9.17, 15) is 14.4 Å². The molecular weight excluding hydrogens is 461 g/mol. The highest BCUT2D eigenvalue weighted by atomic mass is 19.1. The maximum Gasteiger partial charge on any atom is 0.306 e. The van der Waals surface area contributed by atoms with Gasteiger partial charge < -0.3 is 15.4 Å². The quantitative estimate of drug-likeness (QED) is 0.437. The van der Waals surface area contributed by atoms with Gasteiger partial charge in [-0.2, -0.15) is 20.3 Å². The second-order valence-electron chi connectivity index (χ2n) is 9.91. The van der Waals surface area contributed by atoms with E-state index in [0.29, 0.717) is 5.69 Å². The molecule has 0 unspecified atom stereocenters. The van der Waals surface area contributed by atoms with Gasteiger partial charge in [0.15, 0.2) is 17.5 Å². The van der Waals surface area contributed by atoms with Gasteiger partial charge in [-0.05, 0) is 63.8 Å². The van der Waals surface area contributed by atoms with E-state index in [0.717, 1.165) is 31.4 Å². The Bertz CT molecular complexity index is 1250. The minimum absolute atomic E-state index is 0.0000970. The summed E-state index contributed by atoms with van der Waals surface area (Å²) >= 11 is 0. The summed E-state index contributed by atoms with van der Waals surface area (Å²) < 4.78 is 20.5. The van der Waals surface area contributed by atoms with Crippen molar-refractivity contribution in [3.8, 4) is 11.8 Å². The molecule has 188 valence electrons. The minimum Gasteiger partial charge on any atom is -0.460 e. The minimum atomic E-state index is -0.617. The number of carbonyl (C=O) groups is 1. The summed E-state index contributed by atoms with van der Waals surface area (Å²) in [6.07, 6.45) is 7.02. The summed E-state index contributed by atoms with van der Waals surface area (Å²) in [5.41, 5.74) is 0.887. The lowest BCUT2D eigenvalue weighted by molar-refractivity contribution is -0.156. The number of halogens is 1. The summed E-state index contributed by atoms with van der Waals surface area (Å²) in [5, 5.41) is 24.2. The summed E-state index contributed by atoms with van der Waals surface area (Å²) in [6.45, 7) is 5.52. The molecule has 36 heavy (non-hydrogen) atoms. The molecule has 2 aromatic heterocycles. The van der Waals surface area contributed by atoms with Crippen LogP contribution in [0.1, 0.15) is 58.4 Å². The zero-order valence-corrected chi connectivity index (χ0v) is 20.7. The molecule has 0 amide bonds. The van der Waals surface area contributed by atoms with Crippen LogP contribution >= 0.6 is 0 Å². The van der Waals surface area contributed by atoms with Crippen molar-refractivity contribution in [1.82, 2.24) is 20.0 Å². The van der Waals surface area contributed by atoms with E-state index in [1.165, 1.54) is 10.9 Å². The van der Waals surface area contributed by atoms with Gasteiger partial charge in [-0.15, -0.1) is 0 Å². The van der Waals surface area contributed by atoms with Gasteiger partial charge in [0.1, 0.15) is 11.7 Å². The fourth-order valence-electron chi connectivity index (χ4n) is 4.38. The molecule has 0 spiro atoms. The zero-order chi connectivity index (χ0) is 25.7. The highest BCUT2D eigenvalue weighted by Gasteiger charge is 2.30. The van der Waals surface area contributed by atoms with Crippen LogP contribution in [0.4, 0.5) is 21.7 Å². The number of hydrogen-bond donors (Lipinski definition) is 2. The molecule has 10 heteroatoms. The van der Waals surface area contributed by atoms with Gasteiger partial charge in [0.2, 0.25) is 0 Å². The molecule has 3 aromatic rings. The first-order valence-corrected chi connectivity index (χ1v) is 12.0. The number of carbonyl (C=O) groups excluding carboxylic acids is 1. The number of rotatable bonds is 7. The number of benzene rings is 1. The molecule has 2 N–H and O–H groups in total. The van der Waals surface area contributed by atoms with Gasteiger partial charge in [-0.1, -0.05) is 18.9 Å². The highest BCUT2D eigenvalue weighted by molar-refractivity contribution is 5.70. The first-order valence-electron chi connectivity index (χ1n) is 12.0. The number of esters is 1. The Kier molecular flexibility index (Phi) is 7.48. The molecule has 2 heterocycles. The Hall–Kier alpha value is -4.00. The fraction of sp³-hybridized carbons (Fsp3) is 0.423. The van der Waals surface area contributed by atoms with E-state index in [-0.39, 0.29) is 41.5 Å². The molecule has 0 saturated heterocycles. The van der Waals surface area contributed by atoms with Crippen molar-refractivity contribution >= 4 is 23.3 Å². The van der Waals surface area contributed by atoms with Crippen LogP contribution in [0.5, 0.6) is 0 Å². The lowest BCUT2D eigenvalue weighted by atomic mass is 9.82. The Labute approximate surface area is 209 Å². The number of ether oxygens (including phenoxy) is 1. The predicted octanol–water partition coefficient (Wildman–Crippen LogP) is 5.12. The van der Waals surface area contributed by atoms with Crippen molar-refractivity contribution in [2.24, 2.45) is 5.92 Å². The number of nitriles is 1. The van der Waals surface area contributed by atoms with Crippen molar-refractivity contribution in [1.29, 1.82) is 5.26 Å². The van der Waals surface area contributed by atoms with Crippen molar-refractivity contribution in [3.63, 3.8) is 0 Å². The molecule has 1 saturated carbocycles. The average Bonchev–Trinajstić information content (AvgIpc) is 3.36. The standard InChI is InChI=1S/C26H30FN7O2/c1-26(2,3)36-23(35)14-17-7-4-5-10-22(17)32-25-21(27)13-18(16-28)24(33-25)31-19-8-6-9-20(15-19)34-29-11-12-30-34/h6,8-9,11-13,15,17,22H,4-5,7,10,14H2,1-3H3,(H2,31,32,33)/t17-,22-/m1/s1. The van der Waals surface area contributed by atoms with Crippen molar-refractivity contribution in [3.05, 3.63) is 54.1 Å². The molecule has 1 aliphatic rings. The Morgan fingerprint density at radius 1 is 1.19 bits per heavy atom. The largest absolute Gasteiger partial charge is 0.460 e. The summed E-state index contributed by atoms with van der Waals surface area (Å²) in [7, 11) is 0. The van der Waals surface area contributed by atoms with Crippen LogP contribution < -0.4 is 10.6 Å². The van der Waals surface area contributed by atoms with Crippen LogP contribution in [0, 0.1) is 23.1 Å². The SMILES string of the molecule is CC(C)(C)OC(=O)C[C@H]1CCCC[C@H]1Nc1nc(Nc2cccc(-n3nccn3)c2)c(C#N)cc1F. The molecule has 0 aliphatic heterocycles. The number of aromatic nitrogens is 4. The van der Waals surface area contributed by atoms with Crippen LogP contribution in [0.3, 0.4) is 0 Å². The third kappa shape index (κ3) is 6.36. The van der Waals surface area contributed by atoms with E-state index in [4.69, 9.17) is 4.74 Å². The lowest BCUT2D eigenvalue weighted by Gasteiger charge is -2.33. The average molecular weight is 492 g/mol. The molecule has 1 aromatic carbocycles. The summed E-state index contributed by atoms with van der Waals surface area (Å²) in [4.78, 5) is 18.3. The lowest BCUT2D eigenvalue weighted by Crippen LogP contribution is -2.36. The topological polar surface area (TPSA) is 118 Å². The Balaban J connectivity index is 1.54. The van der Waals surface area contributed by atoms with Crippen LogP contribution in [0.15, 0.2) is 42.7 Å². The number of nitrogens with zero attached hydrogens (tertiary/aromatic N) is 5. The Morgan fingerprint density at radius 2 is 1.94 bits per heavy atom. The van der Waals surface area contributed by atoms with Gasteiger partial charge in [0.05, 0.1) is 30.1 Å². The summed E-state index contributed by atoms with van der Waals surface area (Å²) in [5.74, 6) is -0.606. The second-order valence-corrected chi connectivity index (χ2v) is 9.91. The maximum atomic E-state index is 15.0. The third-order valence-corrected chi connectivity index (χ3v) is 5.94. The van der Waals surface area contributed by atoms with Gasteiger partial charge in [-0.3, -0.25) is 4.79 Å². The molecule has 2 atom stereocenters. The number of nitrogens with one attached hydrogen (secondary N) is 2. The molecule has 1 fully saturated rings. The van der Waals surface area contributed by atoms with Gasteiger partial charge >= 0.3 is 5.97 Å². The van der Waals surface area contributed by atoms with Crippen LogP contribution in [0.2, 0.25) is 0 Å². The molecule has 0 radical (unpaired) electrons. The van der Waals surface area contributed by atoms with E-state index in [1.54, 1.807) is 18.5 Å². The zero-order valence-electron chi connectivity index (χ0n) is 20.7.